The molecule has 1 radical (unpaired) electrons. The predicted octanol–water partition coefficient (Wildman–Crippen LogP) is 0.596. The summed E-state index contributed by atoms with van der Waals surface area (Å²) in [4.78, 5) is 0. The summed E-state index contributed by atoms with van der Waals surface area (Å²) in [5, 5.41) is 10.7. The van der Waals surface area contributed by atoms with Gasteiger partial charge in [0, 0.05) is 0 Å². The Hall–Kier alpha value is 0.174. The quantitative estimate of drug-likeness (QED) is 0.382. The van der Waals surface area contributed by atoms with Gasteiger partial charge >= 0.3 is 21.7 Å². The fourth-order valence-electron chi connectivity index (χ4n) is 2.55. The third-order valence-corrected chi connectivity index (χ3v) is 4.18. The van der Waals surface area contributed by atoms with E-state index in [0.717, 1.165) is 17.5 Å². The first-order chi connectivity index (χ1) is 10.7. The van der Waals surface area contributed by atoms with Crippen LogP contribution >= 0.6 is 0 Å². The average molecular weight is 535 g/mol. The van der Waals surface area contributed by atoms with Crippen LogP contribution in [0.15, 0.2) is 30.4 Å². The van der Waals surface area contributed by atoms with E-state index in [0.29, 0.717) is 5.75 Å². The first-order valence-electron chi connectivity index (χ1n) is 8.85. The van der Waals surface area contributed by atoms with Gasteiger partial charge in [0.25, 0.3) is 0 Å². The smallest absolute Gasteiger partial charge is 1.00 e. The molecule has 151 valence electrons. The molecule has 1 N–H and O–H groups in total. The first kappa shape index (κ1) is 31.9. The summed E-state index contributed by atoms with van der Waals surface area (Å²) in [6.07, 6.45) is 10.0. The van der Waals surface area contributed by atoms with Crippen LogP contribution in [0.5, 0.6) is 5.75 Å². The van der Waals surface area contributed by atoms with E-state index in [9.17, 15) is 5.11 Å². The molecule has 0 heterocycles. The second-order valence-corrected chi connectivity index (χ2v) is 9.67. The van der Waals surface area contributed by atoms with Crippen molar-refractivity contribution < 1.29 is 60.8 Å². The molecule has 1 aromatic carbocycles. The van der Waals surface area contributed by atoms with Crippen molar-refractivity contribution in [3.8, 4) is 5.75 Å². The summed E-state index contributed by atoms with van der Waals surface area (Å²) in [6.45, 7) is 19.6. The molecule has 0 aliphatic heterocycles. The van der Waals surface area contributed by atoms with Crippen molar-refractivity contribution in [2.75, 3.05) is 0 Å². The van der Waals surface area contributed by atoms with Gasteiger partial charge in [-0.15, -0.1) is 6.42 Å². The molecule has 0 saturated carbocycles. The Morgan fingerprint density at radius 2 is 1.19 bits per heavy atom. The monoisotopic (exact) mass is 533 g/mol. The molecular weight excluding hydrogens is 500 g/mol. The van der Waals surface area contributed by atoms with Crippen LogP contribution in [0.1, 0.15) is 85.4 Å². The van der Waals surface area contributed by atoms with Crippen LogP contribution in [0.25, 0.3) is 0 Å². The largest absolute Gasteiger partial charge is 3.00 e. The van der Waals surface area contributed by atoms with E-state index in [4.69, 9.17) is 0 Å². The van der Waals surface area contributed by atoms with E-state index in [1.54, 1.807) is 0 Å². The van der Waals surface area contributed by atoms with Crippen LogP contribution in [0.4, 0.5) is 0 Å². The molecule has 1 aromatic rings. The summed E-state index contributed by atoms with van der Waals surface area (Å²) >= 11 is 0. The van der Waals surface area contributed by atoms with Crippen molar-refractivity contribution >= 4 is 0 Å². The minimum Gasteiger partial charge on any atom is -1.00 e. The molecule has 0 bridgehead atoms. The van der Waals surface area contributed by atoms with Crippen molar-refractivity contribution in [3.63, 3.8) is 0 Å². The fourth-order valence-corrected chi connectivity index (χ4v) is 2.55. The molecule has 27 heavy (non-hydrogen) atoms. The van der Waals surface area contributed by atoms with Gasteiger partial charge in [0.05, 0.1) is 0 Å². The molecule has 0 spiro atoms. The maximum atomic E-state index is 10.7. The zero-order valence-corrected chi connectivity index (χ0v) is 23.0. The van der Waals surface area contributed by atoms with Crippen LogP contribution < -0.4 is 34.0 Å². The van der Waals surface area contributed by atoms with Gasteiger partial charge in [-0.05, 0) is 32.9 Å². The number of phenols is 1. The minimum absolute atomic E-state index is 0. The van der Waals surface area contributed by atoms with Crippen LogP contribution in [0.2, 0.25) is 0 Å². The molecule has 4 heteroatoms. The molecule has 0 amide bonds. The molecule has 2 rings (SSSR count). The summed E-state index contributed by atoms with van der Waals surface area (Å²) in [6, 6.07) is 4.34. The number of hydrogen-bond acceptors (Lipinski definition) is 1. The summed E-state index contributed by atoms with van der Waals surface area (Å²) in [7, 11) is 0. The topological polar surface area (TPSA) is 20.2 Å². The Balaban J connectivity index is -0.000000625. The Bertz CT molecular complexity index is 582. The van der Waals surface area contributed by atoms with Gasteiger partial charge in [-0.25, -0.2) is 12.2 Å². The summed E-state index contributed by atoms with van der Waals surface area (Å²) < 4.78 is 0. The molecule has 1 aliphatic carbocycles. The number of aromatic hydroxyl groups is 1. The normalized spacial score (nSPS) is 12.9. The molecule has 1 nitrogen and oxygen atoms in total. The third kappa shape index (κ3) is 9.97. The second-order valence-electron chi connectivity index (χ2n) is 9.67. The van der Waals surface area contributed by atoms with Crippen LogP contribution in [0.3, 0.4) is 0 Å². The van der Waals surface area contributed by atoms with Crippen molar-refractivity contribution in [1.82, 2.24) is 0 Å². The number of allylic oxidation sites excluding steroid dienone is 4. The maximum absolute atomic E-state index is 10.7. The van der Waals surface area contributed by atoms with Gasteiger partial charge in [0.1, 0.15) is 5.75 Å². The predicted molar refractivity (Wildman–Crippen MR) is 106 cm³/mol. The van der Waals surface area contributed by atoms with E-state index in [2.05, 4.69) is 86.6 Å². The van der Waals surface area contributed by atoms with Gasteiger partial charge in [-0.3, -0.25) is 6.08 Å². The average Bonchev–Trinajstić information content (AvgIpc) is 2.93. The van der Waals surface area contributed by atoms with Crippen molar-refractivity contribution in [2.45, 2.75) is 85.0 Å². The molecule has 0 unspecified atom stereocenters. The summed E-state index contributed by atoms with van der Waals surface area (Å²) in [5.41, 5.74) is 3.37. The third-order valence-electron chi connectivity index (χ3n) is 4.18. The number of benzene rings is 1. The molecule has 0 saturated heterocycles. The summed E-state index contributed by atoms with van der Waals surface area (Å²) in [5.74, 6) is 0.466. The van der Waals surface area contributed by atoms with Gasteiger partial charge in [0.2, 0.25) is 0 Å². The minimum atomic E-state index is -0.0503. The van der Waals surface area contributed by atoms with E-state index < -0.39 is 0 Å². The molecule has 1 aliphatic rings. The molecule has 0 atom stereocenters. The van der Waals surface area contributed by atoms with Crippen LogP contribution in [-0.2, 0) is 38.0 Å². The van der Waals surface area contributed by atoms with E-state index in [-0.39, 0.29) is 71.9 Å². The SMILES string of the molecule is CC(C)(C)c1cc(C(C)(C)C)c(O)c(C(C)(C)C)c1.[Br-].[Br-].[C-]1=CC=CC1.[Ti+3]. The van der Waals surface area contributed by atoms with Crippen molar-refractivity contribution in [3.05, 3.63) is 53.1 Å². The van der Waals surface area contributed by atoms with Crippen LogP contribution in [0, 0.1) is 6.08 Å². The van der Waals surface area contributed by atoms with Gasteiger partial charge in [0.15, 0.2) is 0 Å². The number of halogens is 2. The van der Waals surface area contributed by atoms with E-state index in [1.165, 1.54) is 5.56 Å². The van der Waals surface area contributed by atoms with E-state index in [1.807, 2.05) is 12.2 Å². The number of rotatable bonds is 0. The Labute approximate surface area is 203 Å². The number of hydrogen-bond donors (Lipinski definition) is 1. The fraction of sp³-hybridized carbons (Fsp3) is 0.565. The molecule has 0 fully saturated rings. The Morgan fingerprint density at radius 1 is 0.778 bits per heavy atom. The van der Waals surface area contributed by atoms with E-state index >= 15 is 0 Å². The van der Waals surface area contributed by atoms with Gasteiger partial charge in [-0.1, -0.05) is 74.4 Å². The van der Waals surface area contributed by atoms with Crippen molar-refractivity contribution in [1.29, 1.82) is 0 Å². The zero-order valence-electron chi connectivity index (χ0n) is 18.3. The van der Waals surface area contributed by atoms with Gasteiger partial charge in [-0.2, -0.15) is 6.08 Å². The van der Waals surface area contributed by atoms with Crippen molar-refractivity contribution in [2.24, 2.45) is 0 Å². The standard InChI is InChI=1S/C18H30O.C5H5.2BrH.Ti/c1-16(2,3)12-10-13(17(4,5)6)15(19)14(11-12)18(7,8)9;1-2-4-5-3-1;;;/h10-11,19H,1-9H3;1-3H,4H2;2*1H;/q;-1;;;+3/p-2. The maximum Gasteiger partial charge on any atom is 3.00 e. The zero-order chi connectivity index (χ0) is 18.8. The molecular formula is C23H35Br2OTi. The Kier molecular flexibility index (Phi) is 14.2. The second kappa shape index (κ2) is 12.0. The van der Waals surface area contributed by atoms with Crippen LogP contribution in [-0.4, -0.2) is 5.11 Å². The number of phenolic OH excluding ortho intramolecular Hbond substituents is 1. The first-order valence-corrected chi connectivity index (χ1v) is 8.85. The van der Waals surface area contributed by atoms with Gasteiger partial charge < -0.3 is 39.1 Å². The Morgan fingerprint density at radius 3 is 1.37 bits per heavy atom. The molecule has 0 aromatic heterocycles.